The summed E-state index contributed by atoms with van der Waals surface area (Å²) in [5.74, 6) is 0.862. The first-order valence-electron chi connectivity index (χ1n) is 7.76. The fourth-order valence-corrected chi connectivity index (χ4v) is 2.96. The van der Waals surface area contributed by atoms with Crippen LogP contribution in [0.25, 0.3) is 16.9 Å². The zero-order valence-corrected chi connectivity index (χ0v) is 15.4. The van der Waals surface area contributed by atoms with Gasteiger partial charge in [0.15, 0.2) is 5.82 Å². The fourth-order valence-electron chi connectivity index (χ4n) is 2.57. The minimum absolute atomic E-state index is 0.350. The number of nitrogens with two attached hydrogens (primary N) is 1. The molecule has 0 saturated carbocycles. The lowest BCUT2D eigenvalue weighted by Gasteiger charge is -2.08. The van der Waals surface area contributed by atoms with Gasteiger partial charge in [-0.05, 0) is 27.6 Å². The van der Waals surface area contributed by atoms with Gasteiger partial charge in [-0.15, -0.1) is 0 Å². The van der Waals surface area contributed by atoms with Gasteiger partial charge in [-0.1, -0.05) is 6.07 Å². The Hall–Kier alpha value is -3.14. The van der Waals surface area contributed by atoms with Crippen LogP contribution in [0, 0.1) is 0 Å². The average Bonchev–Trinajstić information content (AvgIpc) is 3.26. The molecule has 0 radical (unpaired) electrons. The highest BCUT2D eigenvalue weighted by atomic mass is 79.9. The molecular formula is C16H15BrN9+. The van der Waals surface area contributed by atoms with E-state index in [0.717, 1.165) is 21.4 Å². The Morgan fingerprint density at radius 2 is 2.08 bits per heavy atom. The lowest BCUT2D eigenvalue weighted by molar-refractivity contribution is -0.210. The summed E-state index contributed by atoms with van der Waals surface area (Å²) >= 11 is 3.48. The third-order valence-electron chi connectivity index (χ3n) is 3.86. The predicted octanol–water partition coefficient (Wildman–Crippen LogP) is 1.74. The van der Waals surface area contributed by atoms with E-state index in [0.29, 0.717) is 23.9 Å². The van der Waals surface area contributed by atoms with Crippen molar-refractivity contribution in [3.05, 3.63) is 53.3 Å². The van der Waals surface area contributed by atoms with Crippen LogP contribution in [0.4, 0.5) is 11.6 Å². The maximum Gasteiger partial charge on any atom is 0.261 e. The maximum absolute atomic E-state index is 5.44. The Kier molecular flexibility index (Phi) is 4.17. The Bertz CT molecular complexity index is 1100. The molecule has 0 aliphatic heterocycles. The number of rotatable bonds is 5. The number of hydrogen-bond donors (Lipinski definition) is 2. The number of anilines is 1. The number of pyridine rings is 1. The Morgan fingerprint density at radius 3 is 2.85 bits per heavy atom. The van der Waals surface area contributed by atoms with Gasteiger partial charge >= 0.3 is 0 Å². The quantitative estimate of drug-likeness (QED) is 0.485. The van der Waals surface area contributed by atoms with Crippen LogP contribution in [-0.4, -0.2) is 29.1 Å². The summed E-state index contributed by atoms with van der Waals surface area (Å²) in [6.45, 7) is 0.536. The smallest absolute Gasteiger partial charge is 0.261 e. The molecule has 130 valence electrons. The molecule has 0 aromatic carbocycles. The fraction of sp³-hybridized carbons (Fsp3) is 0.125. The van der Waals surface area contributed by atoms with Gasteiger partial charge in [0, 0.05) is 36.7 Å². The molecule has 0 fully saturated rings. The van der Waals surface area contributed by atoms with Crippen LogP contribution in [0.2, 0.25) is 0 Å². The molecular weight excluding hydrogens is 398 g/mol. The van der Waals surface area contributed by atoms with Crippen molar-refractivity contribution < 1.29 is 5.53 Å². The van der Waals surface area contributed by atoms with Crippen LogP contribution in [-0.2, 0) is 13.6 Å². The van der Waals surface area contributed by atoms with E-state index < -0.39 is 0 Å². The molecule has 9 nitrogen and oxygen atoms in total. The molecule has 26 heavy (non-hydrogen) atoms. The standard InChI is InChI=1S/C16H14BrN9/c1-25-9-11(5-22-25)12-6-21-16(24-18)15(23-12)20-4-10-2-3-14-19-7-13(17)26(14)8-10/h2-3,5-9,18H,4H2,1H3,(H,20,23)/p+1. The van der Waals surface area contributed by atoms with Crippen molar-refractivity contribution in [1.82, 2.24) is 29.1 Å². The van der Waals surface area contributed by atoms with Crippen LogP contribution in [0.1, 0.15) is 5.56 Å². The zero-order valence-electron chi connectivity index (χ0n) is 13.8. The summed E-state index contributed by atoms with van der Waals surface area (Å²) < 4.78 is 4.57. The number of aryl methyl sites for hydroxylation is 1. The zero-order chi connectivity index (χ0) is 18.1. The molecule has 0 spiro atoms. The van der Waals surface area contributed by atoms with Gasteiger partial charge in [-0.25, -0.2) is 15.0 Å². The number of fused-ring (bicyclic) bond motifs is 1. The summed E-state index contributed by atoms with van der Waals surface area (Å²) in [7, 11) is 1.85. The number of nitrogens with zero attached hydrogens (tertiary/aromatic N) is 7. The lowest BCUT2D eigenvalue weighted by atomic mass is 10.2. The average molecular weight is 413 g/mol. The molecule has 0 amide bonds. The minimum Gasteiger partial charge on any atom is -0.363 e. The van der Waals surface area contributed by atoms with Gasteiger partial charge in [-0.3, -0.25) is 9.08 Å². The van der Waals surface area contributed by atoms with Gasteiger partial charge in [-0.2, -0.15) is 10.6 Å². The summed E-state index contributed by atoms with van der Waals surface area (Å²) in [6, 6.07) is 3.95. The Morgan fingerprint density at radius 1 is 1.19 bits per heavy atom. The number of hydrogen-bond acceptors (Lipinski definition) is 6. The summed E-state index contributed by atoms with van der Waals surface area (Å²) in [6.07, 6.45) is 9.00. The molecule has 10 heteroatoms. The molecule has 0 unspecified atom stereocenters. The molecule has 0 aliphatic carbocycles. The Labute approximate surface area is 156 Å². The van der Waals surface area contributed by atoms with Gasteiger partial charge in [0.25, 0.3) is 5.82 Å². The topological polar surface area (TPSA) is 111 Å². The SMILES string of the molecule is Cn1cc(-c2cnc(N=[NH2+])c(NCc3ccc4ncc(Br)n4c3)n2)cn1. The van der Waals surface area contributed by atoms with E-state index in [1.807, 2.05) is 36.0 Å². The molecule has 3 N–H and O–H groups in total. The van der Waals surface area contributed by atoms with E-state index in [4.69, 9.17) is 5.53 Å². The van der Waals surface area contributed by atoms with Crippen molar-refractivity contribution in [3.8, 4) is 11.3 Å². The Balaban J connectivity index is 1.61. The molecule has 4 rings (SSSR count). The first-order chi connectivity index (χ1) is 12.6. The second-order valence-corrected chi connectivity index (χ2v) is 6.47. The molecule has 0 atom stereocenters. The number of nitrogens with one attached hydrogen (secondary N) is 1. The maximum atomic E-state index is 5.44. The van der Waals surface area contributed by atoms with Crippen molar-refractivity contribution in [1.29, 1.82) is 0 Å². The first-order valence-corrected chi connectivity index (χ1v) is 8.55. The highest BCUT2D eigenvalue weighted by Crippen LogP contribution is 2.24. The molecule has 4 aromatic rings. The van der Waals surface area contributed by atoms with Crippen LogP contribution in [0.5, 0.6) is 0 Å². The predicted molar refractivity (Wildman–Crippen MR) is 98.5 cm³/mol. The third-order valence-corrected chi connectivity index (χ3v) is 4.44. The van der Waals surface area contributed by atoms with Crippen LogP contribution < -0.4 is 10.8 Å². The van der Waals surface area contributed by atoms with Gasteiger partial charge < -0.3 is 5.32 Å². The highest BCUT2D eigenvalue weighted by molar-refractivity contribution is 9.10. The summed E-state index contributed by atoms with van der Waals surface area (Å²) in [5, 5.41) is 11.1. The largest absolute Gasteiger partial charge is 0.363 e. The summed E-state index contributed by atoms with van der Waals surface area (Å²) in [4.78, 5) is 13.1. The van der Waals surface area contributed by atoms with E-state index in [2.05, 4.69) is 46.4 Å². The van der Waals surface area contributed by atoms with Crippen LogP contribution in [0.3, 0.4) is 0 Å². The van der Waals surface area contributed by atoms with E-state index in [9.17, 15) is 0 Å². The van der Waals surface area contributed by atoms with Crippen molar-refractivity contribution in [2.75, 3.05) is 5.32 Å². The van der Waals surface area contributed by atoms with Gasteiger partial charge in [0.1, 0.15) is 10.3 Å². The number of aromatic nitrogens is 6. The van der Waals surface area contributed by atoms with Crippen LogP contribution >= 0.6 is 15.9 Å². The molecule has 4 aromatic heterocycles. The first kappa shape index (κ1) is 16.3. The highest BCUT2D eigenvalue weighted by Gasteiger charge is 2.11. The van der Waals surface area contributed by atoms with E-state index in [1.54, 1.807) is 23.3 Å². The number of halogens is 1. The van der Waals surface area contributed by atoms with Crippen molar-refractivity contribution in [2.45, 2.75) is 6.54 Å². The van der Waals surface area contributed by atoms with Gasteiger partial charge in [0.05, 0.1) is 24.3 Å². The van der Waals surface area contributed by atoms with E-state index in [1.165, 1.54) is 0 Å². The lowest BCUT2D eigenvalue weighted by Crippen LogP contribution is -2.22. The van der Waals surface area contributed by atoms with Crippen LogP contribution in [0.15, 0.2) is 52.8 Å². The second-order valence-electron chi connectivity index (χ2n) is 5.66. The second kappa shape index (κ2) is 6.64. The van der Waals surface area contributed by atoms with Crippen molar-refractivity contribution in [3.63, 3.8) is 0 Å². The molecule has 0 saturated heterocycles. The van der Waals surface area contributed by atoms with Crippen molar-refractivity contribution >= 4 is 33.2 Å². The third kappa shape index (κ3) is 3.06. The normalized spacial score (nSPS) is 11.0. The number of imidazole rings is 1. The molecule has 0 bridgehead atoms. The van der Waals surface area contributed by atoms with E-state index >= 15 is 0 Å². The van der Waals surface area contributed by atoms with Crippen molar-refractivity contribution in [2.24, 2.45) is 12.2 Å². The molecule has 0 aliphatic rings. The molecule has 4 heterocycles. The minimum atomic E-state index is 0.350. The summed E-state index contributed by atoms with van der Waals surface area (Å²) in [5.41, 5.74) is 8.93. The van der Waals surface area contributed by atoms with E-state index in [-0.39, 0.29) is 0 Å². The van der Waals surface area contributed by atoms with Gasteiger partial charge in [0.2, 0.25) is 0 Å². The monoisotopic (exact) mass is 412 g/mol.